The molecule has 0 aliphatic carbocycles. The van der Waals surface area contributed by atoms with E-state index in [-0.39, 0.29) is 11.6 Å². The van der Waals surface area contributed by atoms with E-state index in [0.29, 0.717) is 17.9 Å². The number of hydrogen-bond donors (Lipinski definition) is 0. The van der Waals surface area contributed by atoms with E-state index in [1.807, 2.05) is 42.5 Å². The maximum atomic E-state index is 14.7. The van der Waals surface area contributed by atoms with Crippen LogP contribution in [-0.2, 0) is 6.42 Å². The minimum atomic E-state index is -0.355. The molecule has 0 bridgehead atoms. The van der Waals surface area contributed by atoms with Gasteiger partial charge in [0.1, 0.15) is 5.82 Å². The first-order valence-electron chi connectivity index (χ1n) is 11.9. The molecule has 0 atom stereocenters. The van der Waals surface area contributed by atoms with Crippen molar-refractivity contribution in [2.45, 2.75) is 65.2 Å². The summed E-state index contributed by atoms with van der Waals surface area (Å²) in [6.45, 7) is 4.86. The fraction of sp³-hybridized carbons (Fsp3) is 0.379. The fourth-order valence-corrected chi connectivity index (χ4v) is 3.88. The van der Waals surface area contributed by atoms with Crippen LogP contribution in [0, 0.1) is 11.6 Å². The van der Waals surface area contributed by atoms with Crippen LogP contribution >= 0.6 is 0 Å². The van der Waals surface area contributed by atoms with Gasteiger partial charge in [0.2, 0.25) is 0 Å². The molecule has 0 saturated heterocycles. The molecule has 3 aromatic rings. The number of ether oxygens (including phenoxy) is 1. The second-order valence-electron chi connectivity index (χ2n) is 8.40. The summed E-state index contributed by atoms with van der Waals surface area (Å²) in [6.07, 6.45) is 8.70. The number of benzene rings is 3. The second kappa shape index (κ2) is 12.4. The zero-order valence-corrected chi connectivity index (χ0v) is 19.3. The molecule has 0 heterocycles. The van der Waals surface area contributed by atoms with Crippen LogP contribution in [0.3, 0.4) is 0 Å². The van der Waals surface area contributed by atoms with Gasteiger partial charge in [-0.3, -0.25) is 0 Å². The van der Waals surface area contributed by atoms with Crippen LogP contribution in [0.15, 0.2) is 60.7 Å². The Bertz CT molecular complexity index is 979. The Kier molecular flexibility index (Phi) is 9.27. The molecule has 0 spiro atoms. The molecule has 0 aliphatic heterocycles. The van der Waals surface area contributed by atoms with Gasteiger partial charge in [-0.2, -0.15) is 0 Å². The summed E-state index contributed by atoms with van der Waals surface area (Å²) >= 11 is 0. The molecule has 3 aromatic carbocycles. The number of hydrogen-bond acceptors (Lipinski definition) is 1. The van der Waals surface area contributed by atoms with Gasteiger partial charge in [-0.15, -0.1) is 0 Å². The molecule has 0 N–H and O–H groups in total. The van der Waals surface area contributed by atoms with Crippen molar-refractivity contribution in [3.63, 3.8) is 0 Å². The van der Waals surface area contributed by atoms with Gasteiger partial charge in [0.25, 0.3) is 0 Å². The van der Waals surface area contributed by atoms with Gasteiger partial charge in [0, 0.05) is 5.56 Å². The molecule has 1 nitrogen and oxygen atoms in total. The van der Waals surface area contributed by atoms with Crippen LogP contribution in [-0.4, -0.2) is 6.61 Å². The van der Waals surface area contributed by atoms with Crippen LogP contribution in [0.2, 0.25) is 0 Å². The Balaban J connectivity index is 1.66. The van der Waals surface area contributed by atoms with E-state index in [1.165, 1.54) is 18.9 Å². The molecule has 3 rings (SSSR count). The lowest BCUT2D eigenvalue weighted by Crippen LogP contribution is -1.99. The fourth-order valence-electron chi connectivity index (χ4n) is 3.88. The quantitative estimate of drug-likeness (QED) is 0.257. The van der Waals surface area contributed by atoms with Gasteiger partial charge in [-0.1, -0.05) is 88.4 Å². The third-order valence-electron chi connectivity index (χ3n) is 5.82. The predicted molar refractivity (Wildman–Crippen MR) is 130 cm³/mol. The lowest BCUT2D eigenvalue weighted by molar-refractivity contribution is 0.290. The van der Waals surface area contributed by atoms with Crippen LogP contribution in [0.25, 0.3) is 22.3 Å². The molecule has 0 fully saturated rings. The van der Waals surface area contributed by atoms with E-state index in [2.05, 4.69) is 13.8 Å². The first-order chi connectivity index (χ1) is 15.6. The number of unbranched alkanes of at least 4 members (excludes halogenated alkanes) is 5. The Morgan fingerprint density at radius 1 is 0.625 bits per heavy atom. The molecule has 0 unspecified atom stereocenters. The van der Waals surface area contributed by atoms with Crippen LogP contribution in [0.4, 0.5) is 8.78 Å². The molecule has 0 aromatic heterocycles. The Morgan fingerprint density at radius 2 is 1.31 bits per heavy atom. The minimum Gasteiger partial charge on any atom is -0.491 e. The highest BCUT2D eigenvalue weighted by atomic mass is 19.1. The highest BCUT2D eigenvalue weighted by Crippen LogP contribution is 2.30. The van der Waals surface area contributed by atoms with E-state index < -0.39 is 0 Å². The van der Waals surface area contributed by atoms with Crippen molar-refractivity contribution in [1.82, 2.24) is 0 Å². The highest BCUT2D eigenvalue weighted by Gasteiger charge is 2.09. The number of halogens is 2. The van der Waals surface area contributed by atoms with Crippen LogP contribution < -0.4 is 4.74 Å². The van der Waals surface area contributed by atoms with Crippen molar-refractivity contribution < 1.29 is 13.5 Å². The molecule has 0 saturated carbocycles. The van der Waals surface area contributed by atoms with Crippen molar-refractivity contribution in [2.24, 2.45) is 0 Å². The smallest absolute Gasteiger partial charge is 0.165 e. The van der Waals surface area contributed by atoms with Crippen molar-refractivity contribution in [1.29, 1.82) is 0 Å². The maximum Gasteiger partial charge on any atom is 0.165 e. The topological polar surface area (TPSA) is 9.23 Å². The molecule has 0 amide bonds. The summed E-state index contributed by atoms with van der Waals surface area (Å²) in [4.78, 5) is 0. The van der Waals surface area contributed by atoms with E-state index in [9.17, 15) is 8.78 Å². The van der Waals surface area contributed by atoms with Gasteiger partial charge in [-0.25, -0.2) is 8.78 Å². The molecule has 0 radical (unpaired) electrons. The zero-order chi connectivity index (χ0) is 22.8. The zero-order valence-electron chi connectivity index (χ0n) is 19.3. The van der Waals surface area contributed by atoms with Gasteiger partial charge in [-0.05, 0) is 59.7 Å². The average molecular weight is 437 g/mol. The monoisotopic (exact) mass is 436 g/mol. The Hall–Kier alpha value is -2.68. The third-order valence-corrected chi connectivity index (χ3v) is 5.82. The summed E-state index contributed by atoms with van der Waals surface area (Å²) in [6, 6.07) is 18.2. The predicted octanol–water partition coefficient (Wildman–Crippen LogP) is 8.99. The molecule has 3 heteroatoms. The first kappa shape index (κ1) is 24.0. The number of aryl methyl sites for hydroxylation is 1. The van der Waals surface area contributed by atoms with Crippen molar-refractivity contribution in [2.75, 3.05) is 6.61 Å². The highest BCUT2D eigenvalue weighted by molar-refractivity contribution is 5.71. The van der Waals surface area contributed by atoms with Crippen LogP contribution in [0.5, 0.6) is 5.75 Å². The second-order valence-corrected chi connectivity index (χ2v) is 8.40. The van der Waals surface area contributed by atoms with Gasteiger partial charge < -0.3 is 4.74 Å². The van der Waals surface area contributed by atoms with E-state index >= 15 is 0 Å². The summed E-state index contributed by atoms with van der Waals surface area (Å²) in [5, 5.41) is 0. The lowest BCUT2D eigenvalue weighted by atomic mass is 9.98. The minimum absolute atomic E-state index is 0.196. The molecule has 32 heavy (non-hydrogen) atoms. The molecule has 0 aliphatic rings. The number of rotatable bonds is 12. The Labute approximate surface area is 191 Å². The SMILES string of the molecule is CCCCCCOc1ccc(-c2ccc(-c3ccc(CCCCC)cc3F)cc2)cc1F. The first-order valence-corrected chi connectivity index (χ1v) is 11.9. The standard InChI is InChI=1S/C29H34F2O/c1-3-5-7-9-19-32-29-18-16-25(21-28(29)31)23-12-14-24(15-13-23)26-17-11-22(20-27(26)30)10-8-6-4-2/h11-18,20-21H,3-10,19H2,1-2H3. The summed E-state index contributed by atoms with van der Waals surface area (Å²) < 4.78 is 34.7. The summed E-state index contributed by atoms with van der Waals surface area (Å²) in [5.74, 6) is -0.257. The van der Waals surface area contributed by atoms with Crippen LogP contribution in [0.1, 0.15) is 64.4 Å². The van der Waals surface area contributed by atoms with E-state index in [0.717, 1.165) is 60.8 Å². The van der Waals surface area contributed by atoms with E-state index in [4.69, 9.17) is 4.74 Å². The molecular weight excluding hydrogens is 402 g/mol. The average Bonchev–Trinajstić information content (AvgIpc) is 2.80. The molecule has 170 valence electrons. The largest absolute Gasteiger partial charge is 0.491 e. The maximum absolute atomic E-state index is 14.7. The van der Waals surface area contributed by atoms with Crippen molar-refractivity contribution in [3.05, 3.63) is 77.9 Å². The van der Waals surface area contributed by atoms with Crippen molar-refractivity contribution in [3.8, 4) is 28.0 Å². The summed E-state index contributed by atoms with van der Waals surface area (Å²) in [7, 11) is 0. The van der Waals surface area contributed by atoms with Gasteiger partial charge >= 0.3 is 0 Å². The van der Waals surface area contributed by atoms with E-state index in [1.54, 1.807) is 12.1 Å². The normalized spacial score (nSPS) is 11.0. The molecular formula is C29H34F2O. The Morgan fingerprint density at radius 3 is 2.00 bits per heavy atom. The third kappa shape index (κ3) is 6.66. The lowest BCUT2D eigenvalue weighted by Gasteiger charge is -2.10. The van der Waals surface area contributed by atoms with Gasteiger partial charge in [0.15, 0.2) is 11.6 Å². The summed E-state index contributed by atoms with van der Waals surface area (Å²) in [5.41, 5.74) is 4.12. The van der Waals surface area contributed by atoms with Crippen molar-refractivity contribution >= 4 is 0 Å². The van der Waals surface area contributed by atoms with Gasteiger partial charge in [0.05, 0.1) is 6.61 Å².